The number of carboxylic acids is 1. The molecule has 0 atom stereocenters. The lowest BCUT2D eigenvalue weighted by Gasteiger charge is -2.15. The number of rotatable bonds is 1. The summed E-state index contributed by atoms with van der Waals surface area (Å²) in [6, 6.07) is 0. The highest BCUT2D eigenvalue weighted by Gasteiger charge is 2.21. The van der Waals surface area contributed by atoms with Crippen LogP contribution in [0.3, 0.4) is 0 Å². The molecule has 1 saturated heterocycles. The second kappa shape index (κ2) is 5.84. The van der Waals surface area contributed by atoms with Gasteiger partial charge >= 0.3 is 13.2 Å². The second-order valence-corrected chi connectivity index (χ2v) is 2.97. The predicted molar refractivity (Wildman–Crippen MR) is 42.2 cm³/mol. The minimum atomic E-state index is -6.00. The van der Waals surface area contributed by atoms with Crippen LogP contribution in [-0.4, -0.2) is 31.4 Å². The van der Waals surface area contributed by atoms with E-state index in [1.54, 1.807) is 0 Å². The van der Waals surface area contributed by atoms with Gasteiger partial charge in [-0.2, -0.15) is 0 Å². The molecular weight excluding hydrogens is 205 g/mol. The Morgan fingerprint density at radius 3 is 1.79 bits per heavy atom. The van der Waals surface area contributed by atoms with Gasteiger partial charge in [-0.25, -0.2) is 0 Å². The SMILES string of the molecule is F[B-](F)(F)F.O=C(O)C1CC[NH2+]CC1. The lowest BCUT2D eigenvalue weighted by molar-refractivity contribution is -0.664. The Bertz CT molecular complexity index is 175. The summed E-state index contributed by atoms with van der Waals surface area (Å²) < 4.78 is 39.0. The van der Waals surface area contributed by atoms with Gasteiger partial charge in [0, 0.05) is 12.8 Å². The first-order valence-electron chi connectivity index (χ1n) is 4.22. The van der Waals surface area contributed by atoms with Gasteiger partial charge in [-0.05, 0) is 0 Å². The van der Waals surface area contributed by atoms with E-state index in [1.165, 1.54) is 0 Å². The van der Waals surface area contributed by atoms with E-state index in [2.05, 4.69) is 5.32 Å². The third kappa shape index (κ3) is 9.30. The third-order valence-corrected chi connectivity index (χ3v) is 1.79. The van der Waals surface area contributed by atoms with E-state index < -0.39 is 13.2 Å². The number of halogens is 4. The number of hydrogen-bond acceptors (Lipinski definition) is 1. The Kier molecular flexibility index (Phi) is 5.52. The molecule has 0 spiro atoms. The van der Waals surface area contributed by atoms with Crippen LogP contribution in [0.1, 0.15) is 12.8 Å². The van der Waals surface area contributed by atoms with Crippen LogP contribution in [0, 0.1) is 5.92 Å². The fourth-order valence-corrected chi connectivity index (χ4v) is 1.17. The first kappa shape index (κ1) is 13.2. The maximum atomic E-state index is 10.3. The molecule has 1 rings (SSSR count). The molecule has 1 aliphatic rings. The van der Waals surface area contributed by atoms with Crippen molar-refractivity contribution < 1.29 is 32.5 Å². The highest BCUT2D eigenvalue weighted by molar-refractivity contribution is 6.50. The Hall–Kier alpha value is -0.785. The standard InChI is InChI=1S/C6H11NO2.BF4/c8-6(9)5-1-3-7-4-2-5;2-1(3,4)5/h5,7H,1-4H2,(H,8,9);/q;-1/p+1. The van der Waals surface area contributed by atoms with Crippen molar-refractivity contribution in [2.45, 2.75) is 12.8 Å². The molecule has 0 amide bonds. The van der Waals surface area contributed by atoms with E-state index in [0.717, 1.165) is 25.9 Å². The van der Waals surface area contributed by atoms with Gasteiger partial charge in [0.2, 0.25) is 0 Å². The van der Waals surface area contributed by atoms with Gasteiger partial charge in [0.15, 0.2) is 0 Å². The Labute approximate surface area is 78.6 Å². The van der Waals surface area contributed by atoms with Gasteiger partial charge in [-0.1, -0.05) is 0 Å². The number of quaternary nitrogens is 1. The molecule has 1 heterocycles. The smallest absolute Gasteiger partial charge is 0.481 e. The molecule has 0 unspecified atom stereocenters. The molecule has 0 aromatic rings. The van der Waals surface area contributed by atoms with Crippen LogP contribution in [0.15, 0.2) is 0 Å². The minimum Gasteiger partial charge on any atom is -0.481 e. The summed E-state index contributed by atoms with van der Waals surface area (Å²) in [5, 5.41) is 10.7. The summed E-state index contributed by atoms with van der Waals surface area (Å²) in [7, 11) is -6.00. The Balaban J connectivity index is 0.000000292. The van der Waals surface area contributed by atoms with Crippen molar-refractivity contribution in [2.24, 2.45) is 5.92 Å². The molecule has 84 valence electrons. The molecule has 0 aromatic heterocycles. The van der Waals surface area contributed by atoms with Gasteiger partial charge in [-0.15, -0.1) is 0 Å². The van der Waals surface area contributed by atoms with Crippen LogP contribution in [0.5, 0.6) is 0 Å². The van der Waals surface area contributed by atoms with Crippen molar-refractivity contribution in [3.8, 4) is 0 Å². The maximum Gasteiger partial charge on any atom is 0.673 e. The van der Waals surface area contributed by atoms with Crippen molar-refractivity contribution in [3.63, 3.8) is 0 Å². The van der Waals surface area contributed by atoms with E-state index in [-0.39, 0.29) is 5.92 Å². The molecule has 0 saturated carbocycles. The molecule has 0 aromatic carbocycles. The predicted octanol–water partition coefficient (Wildman–Crippen LogP) is 0.344. The molecule has 1 aliphatic heterocycles. The summed E-state index contributed by atoms with van der Waals surface area (Å²) in [5.74, 6) is -0.682. The molecular formula is C6H12BF4NO2. The van der Waals surface area contributed by atoms with E-state index in [4.69, 9.17) is 5.11 Å². The van der Waals surface area contributed by atoms with Crippen LogP contribution >= 0.6 is 0 Å². The van der Waals surface area contributed by atoms with Crippen LogP contribution in [-0.2, 0) is 4.79 Å². The van der Waals surface area contributed by atoms with Crippen molar-refractivity contribution >= 4 is 13.2 Å². The monoisotopic (exact) mass is 217 g/mol. The summed E-state index contributed by atoms with van der Waals surface area (Å²) in [5.41, 5.74) is 0. The molecule has 0 radical (unpaired) electrons. The molecule has 1 fully saturated rings. The van der Waals surface area contributed by atoms with Gasteiger partial charge in [0.05, 0.1) is 19.0 Å². The van der Waals surface area contributed by atoms with E-state index in [9.17, 15) is 22.1 Å². The summed E-state index contributed by atoms with van der Waals surface area (Å²) in [6.07, 6.45) is 1.69. The highest BCUT2D eigenvalue weighted by Crippen LogP contribution is 2.07. The zero-order valence-corrected chi connectivity index (χ0v) is 7.43. The fraction of sp³-hybridized carbons (Fsp3) is 0.833. The molecule has 8 heteroatoms. The number of aliphatic carboxylic acids is 1. The van der Waals surface area contributed by atoms with Gasteiger partial charge in [-0.3, -0.25) is 4.79 Å². The third-order valence-electron chi connectivity index (χ3n) is 1.79. The largest absolute Gasteiger partial charge is 0.673 e. The summed E-state index contributed by atoms with van der Waals surface area (Å²) >= 11 is 0. The topological polar surface area (TPSA) is 53.9 Å². The quantitative estimate of drug-likeness (QED) is 0.491. The van der Waals surface area contributed by atoms with Gasteiger partial charge in [0.25, 0.3) is 0 Å². The average Bonchev–Trinajstić information content (AvgIpc) is 2.03. The fourth-order valence-electron chi connectivity index (χ4n) is 1.17. The van der Waals surface area contributed by atoms with Gasteiger partial charge in [0.1, 0.15) is 0 Å². The maximum absolute atomic E-state index is 10.3. The van der Waals surface area contributed by atoms with Crippen molar-refractivity contribution in [1.82, 2.24) is 0 Å². The Morgan fingerprint density at radius 1 is 1.21 bits per heavy atom. The van der Waals surface area contributed by atoms with Crippen molar-refractivity contribution in [3.05, 3.63) is 0 Å². The van der Waals surface area contributed by atoms with Gasteiger partial charge < -0.3 is 27.7 Å². The molecule has 3 N–H and O–H groups in total. The van der Waals surface area contributed by atoms with E-state index in [0.29, 0.717) is 0 Å². The summed E-state index contributed by atoms with van der Waals surface area (Å²) in [6.45, 7) is 1.97. The average molecular weight is 217 g/mol. The van der Waals surface area contributed by atoms with Crippen LogP contribution in [0.2, 0.25) is 0 Å². The second-order valence-electron chi connectivity index (χ2n) is 2.97. The molecule has 0 bridgehead atoms. The summed E-state index contributed by atoms with van der Waals surface area (Å²) in [4.78, 5) is 10.3. The first-order valence-corrected chi connectivity index (χ1v) is 4.22. The Morgan fingerprint density at radius 2 is 1.57 bits per heavy atom. The lowest BCUT2D eigenvalue weighted by Crippen LogP contribution is -2.86. The van der Waals surface area contributed by atoms with Crippen LogP contribution < -0.4 is 5.32 Å². The number of hydrogen-bond donors (Lipinski definition) is 2. The van der Waals surface area contributed by atoms with E-state index in [1.807, 2.05) is 0 Å². The molecule has 3 nitrogen and oxygen atoms in total. The molecule has 14 heavy (non-hydrogen) atoms. The van der Waals surface area contributed by atoms with E-state index >= 15 is 0 Å². The zero-order valence-electron chi connectivity index (χ0n) is 7.43. The number of carboxylic acid groups (broad SMARTS) is 1. The highest BCUT2D eigenvalue weighted by atomic mass is 19.5. The minimum absolute atomic E-state index is 0.0602. The van der Waals surface area contributed by atoms with Crippen molar-refractivity contribution in [1.29, 1.82) is 0 Å². The lowest BCUT2D eigenvalue weighted by atomic mass is 9.99. The number of carbonyl (C=O) groups is 1. The molecule has 0 aliphatic carbocycles. The van der Waals surface area contributed by atoms with Crippen LogP contribution in [0.4, 0.5) is 17.3 Å². The number of nitrogens with two attached hydrogens (primary N) is 1. The first-order chi connectivity index (χ1) is 6.30. The normalized spacial score (nSPS) is 18.3. The van der Waals surface area contributed by atoms with Crippen LogP contribution in [0.25, 0.3) is 0 Å². The number of piperidine rings is 1. The van der Waals surface area contributed by atoms with Crippen molar-refractivity contribution in [2.75, 3.05) is 13.1 Å². The zero-order chi connectivity index (χ0) is 11.2.